The molecule has 0 spiro atoms. The molecule has 21 heavy (non-hydrogen) atoms. The van der Waals surface area contributed by atoms with Crippen LogP contribution in [0.5, 0.6) is 0 Å². The van der Waals surface area contributed by atoms with E-state index in [1.54, 1.807) is 0 Å². The van der Waals surface area contributed by atoms with Crippen LogP contribution in [0.3, 0.4) is 0 Å². The van der Waals surface area contributed by atoms with Crippen molar-refractivity contribution in [3.63, 3.8) is 0 Å². The van der Waals surface area contributed by atoms with Crippen molar-refractivity contribution in [3.05, 3.63) is 0 Å². The first-order valence-electron chi connectivity index (χ1n) is 8.24. The standard InChI is InChI=1S/C16H28N2O3/c1-12-9-13(2)11-17(10-12)16(21)18-8-4-3-5-14(18)6-7-15(19)20/h12-14H,3-11H2,1-2H3,(H,19,20). The molecule has 5 heteroatoms. The van der Waals surface area contributed by atoms with Crippen LogP contribution in [0.15, 0.2) is 0 Å². The summed E-state index contributed by atoms with van der Waals surface area (Å²) in [4.78, 5) is 27.5. The van der Waals surface area contributed by atoms with Crippen LogP contribution in [-0.2, 0) is 4.79 Å². The second-order valence-corrected chi connectivity index (χ2v) is 6.91. The Hall–Kier alpha value is -1.26. The number of hydrogen-bond acceptors (Lipinski definition) is 2. The minimum Gasteiger partial charge on any atom is -0.481 e. The molecule has 1 N–H and O–H groups in total. The molecule has 2 aliphatic heterocycles. The number of hydrogen-bond donors (Lipinski definition) is 1. The minimum atomic E-state index is -0.770. The molecule has 0 bridgehead atoms. The average Bonchev–Trinajstić information content (AvgIpc) is 2.43. The maximum Gasteiger partial charge on any atom is 0.320 e. The van der Waals surface area contributed by atoms with E-state index in [4.69, 9.17) is 5.11 Å². The third-order valence-corrected chi connectivity index (χ3v) is 4.70. The van der Waals surface area contributed by atoms with E-state index in [1.165, 1.54) is 6.42 Å². The monoisotopic (exact) mass is 296 g/mol. The van der Waals surface area contributed by atoms with Crippen LogP contribution in [0.2, 0.25) is 0 Å². The molecule has 120 valence electrons. The van der Waals surface area contributed by atoms with Gasteiger partial charge in [0.1, 0.15) is 0 Å². The van der Waals surface area contributed by atoms with Crippen LogP contribution >= 0.6 is 0 Å². The first-order valence-corrected chi connectivity index (χ1v) is 8.24. The van der Waals surface area contributed by atoms with E-state index in [0.29, 0.717) is 18.3 Å². The molecule has 2 aliphatic rings. The molecule has 0 radical (unpaired) electrons. The molecule has 2 fully saturated rings. The molecule has 0 aliphatic carbocycles. The van der Waals surface area contributed by atoms with Crippen LogP contribution in [0.1, 0.15) is 52.4 Å². The lowest BCUT2D eigenvalue weighted by Crippen LogP contribution is -2.53. The van der Waals surface area contributed by atoms with E-state index in [-0.39, 0.29) is 18.5 Å². The molecule has 5 nitrogen and oxygen atoms in total. The molecule has 0 aromatic heterocycles. The van der Waals surface area contributed by atoms with E-state index in [2.05, 4.69) is 13.8 Å². The predicted molar refractivity (Wildman–Crippen MR) is 81.1 cm³/mol. The summed E-state index contributed by atoms with van der Waals surface area (Å²) in [5.41, 5.74) is 0. The molecule has 2 saturated heterocycles. The number of carbonyl (C=O) groups excluding carboxylic acids is 1. The van der Waals surface area contributed by atoms with Crippen LogP contribution in [0, 0.1) is 11.8 Å². The second kappa shape index (κ2) is 7.14. The van der Waals surface area contributed by atoms with Gasteiger partial charge in [-0.1, -0.05) is 13.8 Å². The SMILES string of the molecule is CC1CC(C)CN(C(=O)N2CCCCC2CCC(=O)O)C1. The first kappa shape index (κ1) is 16.1. The largest absolute Gasteiger partial charge is 0.481 e. The van der Waals surface area contributed by atoms with E-state index >= 15 is 0 Å². The van der Waals surface area contributed by atoms with Gasteiger partial charge in [-0.15, -0.1) is 0 Å². The third kappa shape index (κ3) is 4.35. The fourth-order valence-corrected chi connectivity index (χ4v) is 3.84. The van der Waals surface area contributed by atoms with E-state index < -0.39 is 5.97 Å². The Morgan fingerprint density at radius 1 is 1.14 bits per heavy atom. The molecule has 0 saturated carbocycles. The van der Waals surface area contributed by atoms with Gasteiger partial charge in [-0.2, -0.15) is 0 Å². The quantitative estimate of drug-likeness (QED) is 0.871. The molecule has 2 rings (SSSR count). The minimum absolute atomic E-state index is 0.106. The van der Waals surface area contributed by atoms with Gasteiger partial charge in [-0.25, -0.2) is 4.79 Å². The van der Waals surface area contributed by atoms with Crippen molar-refractivity contribution < 1.29 is 14.7 Å². The predicted octanol–water partition coefficient (Wildman–Crippen LogP) is 2.80. The Balaban J connectivity index is 1.98. The summed E-state index contributed by atoms with van der Waals surface area (Å²) in [5, 5.41) is 8.87. The second-order valence-electron chi connectivity index (χ2n) is 6.91. The lowest BCUT2D eigenvalue weighted by molar-refractivity contribution is -0.137. The Bertz CT molecular complexity index is 376. The summed E-state index contributed by atoms with van der Waals surface area (Å²) in [6, 6.07) is 0.235. The zero-order valence-corrected chi connectivity index (χ0v) is 13.3. The number of piperidine rings is 2. The lowest BCUT2D eigenvalue weighted by Gasteiger charge is -2.42. The van der Waals surface area contributed by atoms with Gasteiger partial charge in [0.25, 0.3) is 0 Å². The van der Waals surface area contributed by atoms with Crippen molar-refractivity contribution in [1.82, 2.24) is 9.80 Å². The number of carbonyl (C=O) groups is 2. The Morgan fingerprint density at radius 3 is 2.43 bits per heavy atom. The smallest absolute Gasteiger partial charge is 0.320 e. The van der Waals surface area contributed by atoms with Crippen molar-refractivity contribution in [3.8, 4) is 0 Å². The summed E-state index contributed by atoms with van der Waals surface area (Å²) >= 11 is 0. The van der Waals surface area contributed by atoms with Gasteiger partial charge in [-0.3, -0.25) is 4.79 Å². The molecule has 3 unspecified atom stereocenters. The van der Waals surface area contributed by atoms with Crippen LogP contribution in [0.4, 0.5) is 4.79 Å². The highest BCUT2D eigenvalue weighted by atomic mass is 16.4. The fourth-order valence-electron chi connectivity index (χ4n) is 3.84. The Morgan fingerprint density at radius 2 is 1.81 bits per heavy atom. The highest BCUT2D eigenvalue weighted by molar-refractivity contribution is 5.75. The highest BCUT2D eigenvalue weighted by Gasteiger charge is 2.33. The molecule has 2 heterocycles. The topological polar surface area (TPSA) is 60.9 Å². The van der Waals surface area contributed by atoms with Crippen molar-refractivity contribution in [2.75, 3.05) is 19.6 Å². The van der Waals surface area contributed by atoms with Gasteiger partial charge in [0, 0.05) is 32.1 Å². The first-order chi connectivity index (χ1) is 9.97. The zero-order chi connectivity index (χ0) is 15.4. The van der Waals surface area contributed by atoms with Crippen molar-refractivity contribution in [2.24, 2.45) is 11.8 Å². The lowest BCUT2D eigenvalue weighted by atomic mass is 9.92. The third-order valence-electron chi connectivity index (χ3n) is 4.70. The summed E-state index contributed by atoms with van der Waals surface area (Å²) in [7, 11) is 0. The number of carboxylic acids is 1. The van der Waals surface area contributed by atoms with Gasteiger partial charge < -0.3 is 14.9 Å². The van der Waals surface area contributed by atoms with Gasteiger partial charge in [0.05, 0.1) is 0 Å². The normalized spacial score (nSPS) is 30.3. The summed E-state index contributed by atoms with van der Waals surface area (Å²) in [6.07, 6.45) is 5.00. The van der Waals surface area contributed by atoms with Crippen LogP contribution in [-0.4, -0.2) is 52.6 Å². The maximum absolute atomic E-state index is 12.8. The average molecular weight is 296 g/mol. The molecule has 0 aromatic carbocycles. The van der Waals surface area contributed by atoms with Crippen molar-refractivity contribution in [1.29, 1.82) is 0 Å². The summed E-state index contributed by atoms with van der Waals surface area (Å²) < 4.78 is 0. The van der Waals surface area contributed by atoms with Crippen LogP contribution < -0.4 is 0 Å². The number of likely N-dealkylation sites (tertiary alicyclic amines) is 2. The number of amides is 2. The maximum atomic E-state index is 12.8. The summed E-state index contributed by atoms with van der Waals surface area (Å²) in [6.45, 7) is 6.86. The van der Waals surface area contributed by atoms with Crippen molar-refractivity contribution >= 4 is 12.0 Å². The Labute approximate surface area is 127 Å². The molecule has 0 aromatic rings. The number of rotatable bonds is 3. The van der Waals surface area contributed by atoms with Gasteiger partial charge >= 0.3 is 12.0 Å². The number of nitrogens with zero attached hydrogens (tertiary/aromatic N) is 2. The molecular weight excluding hydrogens is 268 g/mol. The number of carboxylic acid groups (broad SMARTS) is 1. The zero-order valence-electron chi connectivity index (χ0n) is 13.3. The number of urea groups is 1. The van der Waals surface area contributed by atoms with E-state index in [1.807, 2.05) is 9.80 Å². The highest BCUT2D eigenvalue weighted by Crippen LogP contribution is 2.26. The van der Waals surface area contributed by atoms with Crippen LogP contribution in [0.25, 0.3) is 0 Å². The summed E-state index contributed by atoms with van der Waals surface area (Å²) in [5.74, 6) is 0.341. The van der Waals surface area contributed by atoms with Gasteiger partial charge in [0.2, 0.25) is 0 Å². The molecular formula is C16H28N2O3. The fraction of sp³-hybridized carbons (Fsp3) is 0.875. The van der Waals surface area contributed by atoms with E-state index in [9.17, 15) is 9.59 Å². The molecule has 3 atom stereocenters. The Kier molecular flexibility index (Phi) is 5.48. The van der Waals surface area contributed by atoms with Crippen molar-refractivity contribution in [2.45, 2.75) is 58.4 Å². The van der Waals surface area contributed by atoms with Gasteiger partial charge in [-0.05, 0) is 43.9 Å². The molecule has 2 amide bonds. The number of aliphatic carboxylic acids is 1. The van der Waals surface area contributed by atoms with E-state index in [0.717, 1.165) is 38.9 Å². The van der Waals surface area contributed by atoms with Gasteiger partial charge in [0.15, 0.2) is 0 Å².